The van der Waals surface area contributed by atoms with Crippen molar-refractivity contribution in [1.82, 2.24) is 19.5 Å². The van der Waals surface area contributed by atoms with Gasteiger partial charge in [-0.05, 0) is 30.3 Å². The van der Waals surface area contributed by atoms with Gasteiger partial charge >= 0.3 is 0 Å². The van der Waals surface area contributed by atoms with Gasteiger partial charge in [0.1, 0.15) is 0 Å². The first-order chi connectivity index (χ1) is 13.9. The summed E-state index contributed by atoms with van der Waals surface area (Å²) in [4.78, 5) is 29.9. The highest BCUT2D eigenvalue weighted by molar-refractivity contribution is 7.89. The minimum absolute atomic E-state index is 0.125. The van der Waals surface area contributed by atoms with Crippen LogP contribution in [0.3, 0.4) is 0 Å². The Morgan fingerprint density at radius 3 is 2.41 bits per heavy atom. The van der Waals surface area contributed by atoms with E-state index in [0.29, 0.717) is 23.7 Å². The second kappa shape index (κ2) is 9.34. The van der Waals surface area contributed by atoms with E-state index in [2.05, 4.69) is 10.3 Å². The molecule has 2 amide bonds. The molecule has 2 heterocycles. The number of nitrogens with zero attached hydrogens (tertiary/aromatic N) is 3. The van der Waals surface area contributed by atoms with Crippen LogP contribution < -0.4 is 5.32 Å². The van der Waals surface area contributed by atoms with Gasteiger partial charge in [0.15, 0.2) is 0 Å². The molecule has 1 N–H and O–H groups in total. The van der Waals surface area contributed by atoms with E-state index in [1.54, 1.807) is 29.2 Å². The molecule has 0 bridgehead atoms. The number of benzene rings is 1. The summed E-state index contributed by atoms with van der Waals surface area (Å²) in [5, 5.41) is 3.05. The van der Waals surface area contributed by atoms with E-state index in [9.17, 15) is 18.0 Å². The predicted molar refractivity (Wildman–Crippen MR) is 108 cm³/mol. The molecular weight excluding hydrogens is 416 g/mol. The third kappa shape index (κ3) is 5.31. The van der Waals surface area contributed by atoms with Gasteiger partial charge in [0, 0.05) is 62.1 Å². The smallest absolute Gasteiger partial charge is 0.251 e. The van der Waals surface area contributed by atoms with Crippen molar-refractivity contribution in [3.63, 3.8) is 0 Å². The number of halogens is 1. The normalized spacial score (nSPS) is 15.1. The Labute approximate surface area is 174 Å². The summed E-state index contributed by atoms with van der Waals surface area (Å²) in [5.74, 6) is -0.391. The van der Waals surface area contributed by atoms with Gasteiger partial charge in [0.05, 0.1) is 4.90 Å². The summed E-state index contributed by atoms with van der Waals surface area (Å²) in [5.41, 5.74) is 0.479. The van der Waals surface area contributed by atoms with Crippen LogP contribution in [0.5, 0.6) is 0 Å². The number of hydrogen-bond acceptors (Lipinski definition) is 5. The van der Waals surface area contributed by atoms with Crippen molar-refractivity contribution in [2.45, 2.75) is 11.3 Å². The van der Waals surface area contributed by atoms with Crippen molar-refractivity contribution in [1.29, 1.82) is 0 Å². The van der Waals surface area contributed by atoms with Crippen LogP contribution in [0.1, 0.15) is 16.8 Å². The summed E-state index contributed by atoms with van der Waals surface area (Å²) >= 11 is 5.90. The largest absolute Gasteiger partial charge is 0.352 e. The molecule has 0 unspecified atom stereocenters. The van der Waals surface area contributed by atoms with E-state index in [0.717, 1.165) is 0 Å². The van der Waals surface area contributed by atoms with Crippen LogP contribution in [-0.4, -0.2) is 67.1 Å². The molecule has 2 aromatic rings. The third-order valence-electron chi connectivity index (χ3n) is 4.59. The van der Waals surface area contributed by atoms with Crippen LogP contribution in [0, 0.1) is 0 Å². The first-order valence-corrected chi connectivity index (χ1v) is 10.9. The van der Waals surface area contributed by atoms with Gasteiger partial charge in [-0.3, -0.25) is 14.6 Å². The molecular formula is C19H21ClN4O4S. The number of amides is 2. The number of piperazine rings is 1. The lowest BCUT2D eigenvalue weighted by molar-refractivity contribution is -0.132. The number of carbonyl (C=O) groups excluding carboxylic acids is 2. The topological polar surface area (TPSA) is 99.7 Å². The van der Waals surface area contributed by atoms with Crippen molar-refractivity contribution in [2.75, 3.05) is 32.7 Å². The number of aromatic nitrogens is 1. The lowest BCUT2D eigenvalue weighted by Gasteiger charge is -2.34. The fourth-order valence-corrected chi connectivity index (χ4v) is 4.72. The first kappa shape index (κ1) is 21.2. The summed E-state index contributed by atoms with van der Waals surface area (Å²) in [6.07, 6.45) is 3.20. The minimum Gasteiger partial charge on any atom is -0.352 e. The van der Waals surface area contributed by atoms with E-state index in [4.69, 9.17) is 11.6 Å². The van der Waals surface area contributed by atoms with Crippen LogP contribution >= 0.6 is 11.6 Å². The second-order valence-corrected chi connectivity index (χ2v) is 8.86. The van der Waals surface area contributed by atoms with Crippen LogP contribution in [0.2, 0.25) is 5.02 Å². The SMILES string of the molecule is O=C(NCCC(=O)N1CCN(S(=O)(=O)c2cccc(Cl)c2)CC1)c1ccncc1. The summed E-state index contributed by atoms with van der Waals surface area (Å²) in [6.45, 7) is 1.24. The first-order valence-electron chi connectivity index (χ1n) is 9.09. The summed E-state index contributed by atoms with van der Waals surface area (Å²) < 4.78 is 26.8. The lowest BCUT2D eigenvalue weighted by Crippen LogP contribution is -2.50. The Morgan fingerprint density at radius 1 is 1.07 bits per heavy atom. The zero-order valence-electron chi connectivity index (χ0n) is 15.6. The van der Waals surface area contributed by atoms with Crippen LogP contribution in [-0.2, 0) is 14.8 Å². The molecule has 0 atom stereocenters. The Kier molecular flexibility index (Phi) is 6.83. The molecule has 3 rings (SSSR count). The number of sulfonamides is 1. The van der Waals surface area contributed by atoms with Gasteiger partial charge in [0.25, 0.3) is 5.91 Å². The van der Waals surface area contributed by atoms with Crippen molar-refractivity contribution in [3.8, 4) is 0 Å². The van der Waals surface area contributed by atoms with Crippen LogP contribution in [0.15, 0.2) is 53.7 Å². The Bertz CT molecular complexity index is 977. The van der Waals surface area contributed by atoms with Gasteiger partial charge in [-0.15, -0.1) is 0 Å². The zero-order chi connectivity index (χ0) is 20.9. The average Bonchev–Trinajstić information content (AvgIpc) is 2.74. The highest BCUT2D eigenvalue weighted by atomic mass is 35.5. The maximum atomic E-state index is 12.7. The number of hydrogen-bond donors (Lipinski definition) is 1. The van der Waals surface area contributed by atoms with E-state index in [1.165, 1.54) is 28.8 Å². The molecule has 1 saturated heterocycles. The molecule has 154 valence electrons. The predicted octanol–water partition coefficient (Wildman–Crippen LogP) is 1.39. The van der Waals surface area contributed by atoms with Gasteiger partial charge < -0.3 is 10.2 Å². The molecule has 1 aromatic heterocycles. The molecule has 0 aliphatic carbocycles. The molecule has 1 aliphatic heterocycles. The number of nitrogens with one attached hydrogen (secondary N) is 1. The quantitative estimate of drug-likeness (QED) is 0.737. The molecule has 1 aromatic carbocycles. The number of rotatable bonds is 6. The number of carbonyl (C=O) groups is 2. The van der Waals surface area contributed by atoms with Gasteiger partial charge in [-0.2, -0.15) is 4.31 Å². The van der Waals surface area contributed by atoms with Crippen LogP contribution in [0.4, 0.5) is 0 Å². The standard InChI is InChI=1S/C19H21ClN4O4S/c20-16-2-1-3-17(14-16)29(27,28)24-12-10-23(11-13-24)18(25)6-9-22-19(26)15-4-7-21-8-5-15/h1-5,7-8,14H,6,9-13H2,(H,22,26). The molecule has 1 aliphatic rings. The molecule has 0 saturated carbocycles. The Balaban J connectivity index is 1.47. The van der Waals surface area contributed by atoms with E-state index < -0.39 is 10.0 Å². The molecule has 29 heavy (non-hydrogen) atoms. The summed E-state index contributed by atoms with van der Waals surface area (Å²) in [7, 11) is -3.64. The van der Waals surface area contributed by atoms with E-state index in [-0.39, 0.29) is 42.8 Å². The molecule has 10 heteroatoms. The van der Waals surface area contributed by atoms with Gasteiger partial charge in [0.2, 0.25) is 15.9 Å². The number of pyridine rings is 1. The fourth-order valence-electron chi connectivity index (χ4n) is 3.00. The molecule has 8 nitrogen and oxygen atoms in total. The zero-order valence-corrected chi connectivity index (χ0v) is 17.2. The maximum Gasteiger partial charge on any atom is 0.251 e. The maximum absolute atomic E-state index is 12.7. The van der Waals surface area contributed by atoms with Gasteiger partial charge in [-0.25, -0.2) is 8.42 Å². The average molecular weight is 437 g/mol. The Morgan fingerprint density at radius 2 is 1.76 bits per heavy atom. The Hall–Kier alpha value is -2.49. The highest BCUT2D eigenvalue weighted by Crippen LogP contribution is 2.21. The van der Waals surface area contributed by atoms with Gasteiger partial charge in [-0.1, -0.05) is 17.7 Å². The highest BCUT2D eigenvalue weighted by Gasteiger charge is 2.30. The third-order valence-corrected chi connectivity index (χ3v) is 6.72. The lowest BCUT2D eigenvalue weighted by atomic mass is 10.2. The van der Waals surface area contributed by atoms with Crippen molar-refractivity contribution >= 4 is 33.4 Å². The fraction of sp³-hybridized carbons (Fsp3) is 0.316. The van der Waals surface area contributed by atoms with Crippen molar-refractivity contribution < 1.29 is 18.0 Å². The van der Waals surface area contributed by atoms with Crippen molar-refractivity contribution in [2.24, 2.45) is 0 Å². The summed E-state index contributed by atoms with van der Waals surface area (Å²) in [6, 6.07) is 9.32. The monoisotopic (exact) mass is 436 g/mol. The molecule has 1 fully saturated rings. The van der Waals surface area contributed by atoms with Crippen LogP contribution in [0.25, 0.3) is 0 Å². The van der Waals surface area contributed by atoms with E-state index >= 15 is 0 Å². The van der Waals surface area contributed by atoms with Crippen molar-refractivity contribution in [3.05, 3.63) is 59.4 Å². The second-order valence-electron chi connectivity index (χ2n) is 6.48. The van der Waals surface area contributed by atoms with E-state index in [1.807, 2.05) is 0 Å². The molecule has 0 spiro atoms. The molecule has 0 radical (unpaired) electrons. The minimum atomic E-state index is -3.64.